The first-order valence-corrected chi connectivity index (χ1v) is 6.94. The standard InChI is InChI=1S/C15H22ClN/c1-10-4-6-13(14(16)8-10)9-17-15-7-5-11(2)12(15)3/h4,6,8,11-12,15,17H,5,7,9H2,1-3H3. The molecule has 0 spiro atoms. The van der Waals surface area contributed by atoms with Crippen molar-refractivity contribution in [3.8, 4) is 0 Å². The molecule has 1 aromatic rings. The van der Waals surface area contributed by atoms with E-state index in [1.807, 2.05) is 6.07 Å². The molecule has 1 aromatic carbocycles. The van der Waals surface area contributed by atoms with Gasteiger partial charge in [-0.05, 0) is 48.8 Å². The fraction of sp³-hybridized carbons (Fsp3) is 0.600. The maximum atomic E-state index is 6.24. The zero-order valence-corrected chi connectivity index (χ0v) is 11.7. The summed E-state index contributed by atoms with van der Waals surface area (Å²) >= 11 is 6.24. The topological polar surface area (TPSA) is 12.0 Å². The Balaban J connectivity index is 1.94. The number of hydrogen-bond acceptors (Lipinski definition) is 1. The molecule has 1 saturated carbocycles. The predicted molar refractivity (Wildman–Crippen MR) is 74.4 cm³/mol. The maximum absolute atomic E-state index is 6.24. The molecule has 0 bridgehead atoms. The van der Waals surface area contributed by atoms with Crippen LogP contribution in [0.2, 0.25) is 5.02 Å². The number of nitrogens with one attached hydrogen (secondary N) is 1. The van der Waals surface area contributed by atoms with Crippen LogP contribution in [-0.4, -0.2) is 6.04 Å². The molecule has 3 unspecified atom stereocenters. The van der Waals surface area contributed by atoms with Gasteiger partial charge in [-0.15, -0.1) is 0 Å². The van der Waals surface area contributed by atoms with Crippen molar-refractivity contribution < 1.29 is 0 Å². The van der Waals surface area contributed by atoms with Crippen LogP contribution in [0.15, 0.2) is 18.2 Å². The Labute approximate surface area is 110 Å². The van der Waals surface area contributed by atoms with Crippen molar-refractivity contribution in [2.24, 2.45) is 11.8 Å². The molecule has 2 rings (SSSR count). The van der Waals surface area contributed by atoms with E-state index >= 15 is 0 Å². The van der Waals surface area contributed by atoms with E-state index in [0.29, 0.717) is 6.04 Å². The second-order valence-corrected chi connectivity index (χ2v) is 5.90. The molecule has 1 aliphatic rings. The van der Waals surface area contributed by atoms with Crippen molar-refractivity contribution in [2.75, 3.05) is 0 Å². The molecular formula is C15H22ClN. The first-order chi connectivity index (χ1) is 8.08. The molecule has 1 N–H and O–H groups in total. The SMILES string of the molecule is Cc1ccc(CNC2CCC(C)C2C)c(Cl)c1. The monoisotopic (exact) mass is 251 g/mol. The fourth-order valence-electron chi connectivity index (χ4n) is 2.69. The molecule has 1 nitrogen and oxygen atoms in total. The summed E-state index contributed by atoms with van der Waals surface area (Å²) in [5.41, 5.74) is 2.44. The van der Waals surface area contributed by atoms with Crippen LogP contribution in [0, 0.1) is 18.8 Å². The third kappa shape index (κ3) is 3.02. The molecule has 2 heteroatoms. The van der Waals surface area contributed by atoms with Gasteiger partial charge in [0.05, 0.1) is 0 Å². The molecule has 0 saturated heterocycles. The van der Waals surface area contributed by atoms with Gasteiger partial charge < -0.3 is 5.32 Å². The van der Waals surface area contributed by atoms with Crippen molar-refractivity contribution in [2.45, 2.75) is 46.2 Å². The number of benzene rings is 1. The van der Waals surface area contributed by atoms with Crippen LogP contribution in [0.5, 0.6) is 0 Å². The van der Waals surface area contributed by atoms with Crippen LogP contribution in [0.3, 0.4) is 0 Å². The molecule has 0 radical (unpaired) electrons. The minimum absolute atomic E-state index is 0.655. The van der Waals surface area contributed by atoms with Gasteiger partial charge in [0.2, 0.25) is 0 Å². The Hall–Kier alpha value is -0.530. The first kappa shape index (κ1) is 12.9. The molecular weight excluding hydrogens is 230 g/mol. The quantitative estimate of drug-likeness (QED) is 0.850. The second-order valence-electron chi connectivity index (χ2n) is 5.50. The van der Waals surface area contributed by atoms with Crippen LogP contribution < -0.4 is 5.32 Å². The summed E-state index contributed by atoms with van der Waals surface area (Å²) in [6, 6.07) is 6.96. The minimum Gasteiger partial charge on any atom is -0.310 e. The number of halogens is 1. The van der Waals surface area contributed by atoms with E-state index in [9.17, 15) is 0 Å². The van der Waals surface area contributed by atoms with Gasteiger partial charge in [-0.3, -0.25) is 0 Å². The van der Waals surface area contributed by atoms with E-state index < -0.39 is 0 Å². The summed E-state index contributed by atoms with van der Waals surface area (Å²) in [6.45, 7) is 7.67. The zero-order valence-electron chi connectivity index (χ0n) is 11.0. The first-order valence-electron chi connectivity index (χ1n) is 6.56. The molecule has 94 valence electrons. The Morgan fingerprint density at radius 2 is 2.06 bits per heavy atom. The van der Waals surface area contributed by atoms with E-state index in [1.54, 1.807) is 0 Å². The summed E-state index contributed by atoms with van der Waals surface area (Å²) in [4.78, 5) is 0. The smallest absolute Gasteiger partial charge is 0.0453 e. The van der Waals surface area contributed by atoms with Gasteiger partial charge in [-0.1, -0.05) is 37.6 Å². The van der Waals surface area contributed by atoms with Crippen molar-refractivity contribution in [3.05, 3.63) is 34.3 Å². The molecule has 0 aliphatic heterocycles. The summed E-state index contributed by atoms with van der Waals surface area (Å²) < 4.78 is 0. The molecule has 1 aliphatic carbocycles. The lowest BCUT2D eigenvalue weighted by molar-refractivity contribution is 0.370. The Morgan fingerprint density at radius 1 is 1.29 bits per heavy atom. The van der Waals surface area contributed by atoms with Crippen LogP contribution in [0.25, 0.3) is 0 Å². The highest BCUT2D eigenvalue weighted by molar-refractivity contribution is 6.31. The van der Waals surface area contributed by atoms with Gasteiger partial charge >= 0.3 is 0 Å². The molecule has 3 atom stereocenters. The number of hydrogen-bond donors (Lipinski definition) is 1. The van der Waals surface area contributed by atoms with Gasteiger partial charge in [0.25, 0.3) is 0 Å². The van der Waals surface area contributed by atoms with E-state index in [2.05, 4.69) is 38.2 Å². The predicted octanol–water partition coefficient (Wildman–Crippen LogP) is 4.17. The normalized spacial score (nSPS) is 28.6. The summed E-state index contributed by atoms with van der Waals surface area (Å²) in [7, 11) is 0. The van der Waals surface area contributed by atoms with Gasteiger partial charge in [0.1, 0.15) is 0 Å². The van der Waals surface area contributed by atoms with Gasteiger partial charge in [-0.2, -0.15) is 0 Å². The Bertz CT molecular complexity index is 389. The summed E-state index contributed by atoms with van der Waals surface area (Å²) in [6.07, 6.45) is 2.65. The van der Waals surface area contributed by atoms with E-state index in [0.717, 1.165) is 23.4 Å². The molecule has 17 heavy (non-hydrogen) atoms. The fourth-order valence-corrected chi connectivity index (χ4v) is 2.99. The minimum atomic E-state index is 0.655. The molecule has 1 fully saturated rings. The average Bonchev–Trinajstić information content (AvgIpc) is 2.59. The highest BCUT2D eigenvalue weighted by Gasteiger charge is 2.29. The van der Waals surface area contributed by atoms with Crippen LogP contribution in [0.1, 0.15) is 37.8 Å². The van der Waals surface area contributed by atoms with Crippen LogP contribution in [-0.2, 0) is 6.54 Å². The molecule has 0 aromatic heterocycles. The summed E-state index contributed by atoms with van der Waals surface area (Å²) in [5.74, 6) is 1.63. The lowest BCUT2D eigenvalue weighted by Gasteiger charge is -2.20. The van der Waals surface area contributed by atoms with Crippen molar-refractivity contribution in [1.82, 2.24) is 5.32 Å². The third-order valence-corrected chi connectivity index (χ3v) is 4.58. The van der Waals surface area contributed by atoms with E-state index in [-0.39, 0.29) is 0 Å². The largest absolute Gasteiger partial charge is 0.310 e. The van der Waals surface area contributed by atoms with Crippen molar-refractivity contribution in [3.63, 3.8) is 0 Å². The molecule has 0 amide bonds. The second kappa shape index (κ2) is 5.41. The van der Waals surface area contributed by atoms with Crippen molar-refractivity contribution in [1.29, 1.82) is 0 Å². The highest BCUT2D eigenvalue weighted by Crippen LogP contribution is 2.31. The van der Waals surface area contributed by atoms with Crippen LogP contribution >= 0.6 is 11.6 Å². The van der Waals surface area contributed by atoms with Gasteiger partial charge in [-0.25, -0.2) is 0 Å². The molecule has 0 heterocycles. The third-order valence-electron chi connectivity index (χ3n) is 4.23. The maximum Gasteiger partial charge on any atom is 0.0453 e. The Morgan fingerprint density at radius 3 is 2.65 bits per heavy atom. The van der Waals surface area contributed by atoms with Crippen LogP contribution in [0.4, 0.5) is 0 Å². The lowest BCUT2D eigenvalue weighted by atomic mass is 9.97. The highest BCUT2D eigenvalue weighted by atomic mass is 35.5. The van der Waals surface area contributed by atoms with Gasteiger partial charge in [0.15, 0.2) is 0 Å². The Kier molecular flexibility index (Phi) is 4.11. The van der Waals surface area contributed by atoms with E-state index in [1.165, 1.54) is 24.0 Å². The number of aryl methyl sites for hydroxylation is 1. The average molecular weight is 252 g/mol. The van der Waals surface area contributed by atoms with Crippen molar-refractivity contribution >= 4 is 11.6 Å². The number of rotatable bonds is 3. The summed E-state index contributed by atoms with van der Waals surface area (Å²) in [5, 5.41) is 4.54. The van der Waals surface area contributed by atoms with E-state index in [4.69, 9.17) is 11.6 Å². The van der Waals surface area contributed by atoms with Gasteiger partial charge in [0, 0.05) is 17.6 Å². The lowest BCUT2D eigenvalue weighted by Crippen LogP contribution is -2.31. The zero-order chi connectivity index (χ0) is 12.4.